The molecule has 0 aliphatic rings. The molecule has 2 heteroatoms. The van der Waals surface area contributed by atoms with Gasteiger partial charge in [0.1, 0.15) is 5.75 Å². The van der Waals surface area contributed by atoms with Crippen molar-refractivity contribution in [1.29, 1.82) is 0 Å². The number of rotatable bonds is 6. The van der Waals surface area contributed by atoms with Gasteiger partial charge in [-0.1, -0.05) is 43.2 Å². The SMILES string of the molecule is CCCCOc1cc(C)c(Cc2ccc(C)cc2)cc1Br. The normalized spacial score (nSPS) is 10.7. The van der Waals surface area contributed by atoms with E-state index in [9.17, 15) is 0 Å². The highest BCUT2D eigenvalue weighted by atomic mass is 79.9. The van der Waals surface area contributed by atoms with Crippen LogP contribution in [0.2, 0.25) is 0 Å². The molecule has 0 aliphatic heterocycles. The predicted molar refractivity (Wildman–Crippen MR) is 93.3 cm³/mol. The average molecular weight is 347 g/mol. The maximum absolute atomic E-state index is 5.83. The molecule has 112 valence electrons. The van der Waals surface area contributed by atoms with E-state index in [0.29, 0.717) is 0 Å². The van der Waals surface area contributed by atoms with Crippen molar-refractivity contribution in [3.8, 4) is 5.75 Å². The lowest BCUT2D eigenvalue weighted by Gasteiger charge is -2.13. The number of aryl methyl sites for hydroxylation is 2. The highest BCUT2D eigenvalue weighted by molar-refractivity contribution is 9.10. The largest absolute Gasteiger partial charge is 0.492 e. The maximum atomic E-state index is 5.83. The topological polar surface area (TPSA) is 9.23 Å². The summed E-state index contributed by atoms with van der Waals surface area (Å²) >= 11 is 3.63. The molecule has 0 amide bonds. The Morgan fingerprint density at radius 3 is 2.43 bits per heavy atom. The molecule has 0 aliphatic carbocycles. The lowest BCUT2D eigenvalue weighted by Crippen LogP contribution is -1.99. The molecule has 0 fully saturated rings. The van der Waals surface area contributed by atoms with Crippen molar-refractivity contribution < 1.29 is 4.74 Å². The van der Waals surface area contributed by atoms with E-state index in [0.717, 1.165) is 36.1 Å². The third kappa shape index (κ3) is 4.60. The summed E-state index contributed by atoms with van der Waals surface area (Å²) in [7, 11) is 0. The van der Waals surface area contributed by atoms with Crippen molar-refractivity contribution in [3.05, 3.63) is 63.1 Å². The van der Waals surface area contributed by atoms with Crippen LogP contribution in [0.15, 0.2) is 40.9 Å². The number of hydrogen-bond donors (Lipinski definition) is 0. The molecule has 0 heterocycles. The van der Waals surface area contributed by atoms with Gasteiger partial charge in [-0.2, -0.15) is 0 Å². The molecule has 0 spiro atoms. The minimum absolute atomic E-state index is 0.784. The Balaban J connectivity index is 2.13. The van der Waals surface area contributed by atoms with Crippen molar-refractivity contribution >= 4 is 15.9 Å². The highest BCUT2D eigenvalue weighted by Gasteiger charge is 2.07. The minimum Gasteiger partial charge on any atom is -0.492 e. The third-order valence-corrected chi connectivity index (χ3v) is 4.28. The lowest BCUT2D eigenvalue weighted by atomic mass is 10.00. The summed E-state index contributed by atoms with van der Waals surface area (Å²) in [5.41, 5.74) is 5.27. The van der Waals surface area contributed by atoms with Gasteiger partial charge >= 0.3 is 0 Å². The van der Waals surface area contributed by atoms with Gasteiger partial charge in [-0.3, -0.25) is 0 Å². The molecular weight excluding hydrogens is 324 g/mol. The first-order valence-corrected chi connectivity index (χ1v) is 8.37. The zero-order valence-corrected chi connectivity index (χ0v) is 14.7. The van der Waals surface area contributed by atoms with Crippen LogP contribution in [0.5, 0.6) is 5.75 Å². The van der Waals surface area contributed by atoms with Gasteiger partial charge in [0.2, 0.25) is 0 Å². The fraction of sp³-hybridized carbons (Fsp3) is 0.368. The molecule has 0 saturated carbocycles. The van der Waals surface area contributed by atoms with Gasteiger partial charge in [-0.05, 0) is 71.4 Å². The zero-order chi connectivity index (χ0) is 15.2. The van der Waals surface area contributed by atoms with Crippen LogP contribution in [0.4, 0.5) is 0 Å². The van der Waals surface area contributed by atoms with Crippen LogP contribution in [0.3, 0.4) is 0 Å². The molecule has 0 radical (unpaired) electrons. The molecule has 21 heavy (non-hydrogen) atoms. The van der Waals surface area contributed by atoms with E-state index >= 15 is 0 Å². The summed E-state index contributed by atoms with van der Waals surface area (Å²) in [6.45, 7) is 7.23. The van der Waals surface area contributed by atoms with E-state index in [4.69, 9.17) is 4.74 Å². The second-order valence-electron chi connectivity index (χ2n) is 5.57. The van der Waals surface area contributed by atoms with Crippen molar-refractivity contribution in [2.45, 2.75) is 40.0 Å². The van der Waals surface area contributed by atoms with Crippen molar-refractivity contribution in [2.75, 3.05) is 6.61 Å². The fourth-order valence-electron chi connectivity index (χ4n) is 2.25. The molecule has 2 aromatic carbocycles. The summed E-state index contributed by atoms with van der Waals surface area (Å²) in [6.07, 6.45) is 3.21. The van der Waals surface area contributed by atoms with Crippen LogP contribution in [0.1, 0.15) is 42.0 Å². The van der Waals surface area contributed by atoms with Crippen LogP contribution < -0.4 is 4.74 Å². The van der Waals surface area contributed by atoms with Crippen LogP contribution in [0.25, 0.3) is 0 Å². The maximum Gasteiger partial charge on any atom is 0.133 e. The molecule has 0 atom stereocenters. The van der Waals surface area contributed by atoms with Crippen molar-refractivity contribution in [3.63, 3.8) is 0 Å². The van der Waals surface area contributed by atoms with Gasteiger partial charge in [-0.25, -0.2) is 0 Å². The molecule has 0 bridgehead atoms. The molecule has 0 N–H and O–H groups in total. The van der Waals surface area contributed by atoms with Gasteiger partial charge in [-0.15, -0.1) is 0 Å². The lowest BCUT2D eigenvalue weighted by molar-refractivity contribution is 0.307. The molecule has 2 rings (SSSR count). The first kappa shape index (κ1) is 16.1. The van der Waals surface area contributed by atoms with Gasteiger partial charge < -0.3 is 4.74 Å². The van der Waals surface area contributed by atoms with E-state index in [1.807, 2.05) is 0 Å². The number of halogens is 1. The van der Waals surface area contributed by atoms with Crippen LogP contribution in [0, 0.1) is 13.8 Å². The van der Waals surface area contributed by atoms with Gasteiger partial charge in [0.15, 0.2) is 0 Å². The Bertz CT molecular complexity index is 587. The van der Waals surface area contributed by atoms with Crippen LogP contribution in [-0.4, -0.2) is 6.61 Å². The zero-order valence-electron chi connectivity index (χ0n) is 13.1. The summed E-state index contributed by atoms with van der Waals surface area (Å²) in [6, 6.07) is 13.1. The Kier molecular flexibility index (Phi) is 5.86. The van der Waals surface area contributed by atoms with Crippen LogP contribution in [-0.2, 0) is 6.42 Å². The number of unbranched alkanes of at least 4 members (excludes halogenated alkanes) is 1. The van der Waals surface area contributed by atoms with E-state index in [1.165, 1.54) is 22.3 Å². The van der Waals surface area contributed by atoms with E-state index in [-0.39, 0.29) is 0 Å². The van der Waals surface area contributed by atoms with Crippen LogP contribution >= 0.6 is 15.9 Å². The molecule has 0 unspecified atom stereocenters. The van der Waals surface area contributed by atoms with Gasteiger partial charge in [0, 0.05) is 0 Å². The number of benzene rings is 2. The second-order valence-corrected chi connectivity index (χ2v) is 6.43. The Morgan fingerprint density at radius 2 is 1.76 bits per heavy atom. The van der Waals surface area contributed by atoms with Crippen molar-refractivity contribution in [2.24, 2.45) is 0 Å². The molecule has 2 aromatic rings. The Morgan fingerprint density at radius 1 is 1.05 bits per heavy atom. The molecular formula is C19H23BrO. The molecule has 0 aromatic heterocycles. The summed E-state index contributed by atoms with van der Waals surface area (Å²) in [5, 5.41) is 0. The number of ether oxygens (including phenoxy) is 1. The first-order chi connectivity index (χ1) is 10.1. The third-order valence-electron chi connectivity index (χ3n) is 3.66. The van der Waals surface area contributed by atoms with E-state index < -0.39 is 0 Å². The first-order valence-electron chi connectivity index (χ1n) is 7.57. The molecule has 1 nitrogen and oxygen atoms in total. The summed E-state index contributed by atoms with van der Waals surface area (Å²) in [5.74, 6) is 0.952. The minimum atomic E-state index is 0.784. The van der Waals surface area contributed by atoms with E-state index in [1.54, 1.807) is 0 Å². The summed E-state index contributed by atoms with van der Waals surface area (Å²) < 4.78 is 6.88. The predicted octanol–water partition coefficient (Wildman–Crippen LogP) is 5.84. The Labute approximate surface area is 136 Å². The average Bonchev–Trinajstić information content (AvgIpc) is 2.46. The highest BCUT2D eigenvalue weighted by Crippen LogP contribution is 2.30. The summed E-state index contributed by atoms with van der Waals surface area (Å²) in [4.78, 5) is 0. The smallest absolute Gasteiger partial charge is 0.133 e. The van der Waals surface area contributed by atoms with Gasteiger partial charge in [0.05, 0.1) is 11.1 Å². The van der Waals surface area contributed by atoms with Crippen molar-refractivity contribution in [1.82, 2.24) is 0 Å². The Hall–Kier alpha value is -1.28. The number of hydrogen-bond acceptors (Lipinski definition) is 1. The quantitative estimate of drug-likeness (QED) is 0.597. The fourth-order valence-corrected chi connectivity index (χ4v) is 2.75. The standard InChI is InChI=1S/C19H23BrO/c1-4-5-10-21-19-11-15(3)17(13-18(19)20)12-16-8-6-14(2)7-9-16/h6-9,11,13H,4-5,10,12H2,1-3H3. The van der Waals surface area contributed by atoms with Gasteiger partial charge in [0.25, 0.3) is 0 Å². The monoisotopic (exact) mass is 346 g/mol. The molecule has 0 saturated heterocycles. The second kappa shape index (κ2) is 7.65. The van der Waals surface area contributed by atoms with E-state index in [2.05, 4.69) is 73.1 Å².